The van der Waals surface area contributed by atoms with E-state index in [0.29, 0.717) is 23.7 Å². The number of hydrogen-bond acceptors (Lipinski definition) is 7. The van der Waals surface area contributed by atoms with Crippen molar-refractivity contribution in [1.29, 1.82) is 0 Å². The molecule has 4 atom stereocenters. The van der Waals surface area contributed by atoms with Crippen molar-refractivity contribution in [1.82, 2.24) is 5.32 Å². The van der Waals surface area contributed by atoms with Gasteiger partial charge in [0.2, 0.25) is 18.6 Å². The average Bonchev–Trinajstić information content (AvgIpc) is 3.48. The number of amides is 2. The van der Waals surface area contributed by atoms with Crippen LogP contribution in [0.5, 0.6) is 11.5 Å². The molecule has 9 heteroatoms. The summed E-state index contributed by atoms with van der Waals surface area (Å²) in [4.78, 5) is 27.9. The van der Waals surface area contributed by atoms with Gasteiger partial charge in [-0.15, -0.1) is 0 Å². The molecule has 1 aromatic carbocycles. The molecule has 2 fully saturated rings. The lowest BCUT2D eigenvalue weighted by Gasteiger charge is -2.24. The number of anilines is 1. The van der Waals surface area contributed by atoms with Crippen LogP contribution in [0.15, 0.2) is 30.4 Å². The molecule has 5 rings (SSSR count). The molecule has 0 radical (unpaired) electrons. The van der Waals surface area contributed by atoms with Gasteiger partial charge in [-0.2, -0.15) is 0 Å². The van der Waals surface area contributed by atoms with E-state index in [2.05, 4.69) is 5.32 Å². The monoisotopic (exact) mass is 402 g/mol. The Morgan fingerprint density at radius 2 is 2.10 bits per heavy atom. The molecule has 29 heavy (non-hydrogen) atoms. The highest BCUT2D eigenvalue weighted by molar-refractivity contribution is 6.03. The van der Waals surface area contributed by atoms with Crippen LogP contribution in [0.2, 0.25) is 0 Å². The summed E-state index contributed by atoms with van der Waals surface area (Å²) in [6.07, 6.45) is 2.84. The van der Waals surface area contributed by atoms with Crippen LogP contribution in [0.4, 0.5) is 5.69 Å². The van der Waals surface area contributed by atoms with Crippen molar-refractivity contribution in [3.63, 3.8) is 0 Å². The molecule has 0 saturated carbocycles. The van der Waals surface area contributed by atoms with E-state index in [4.69, 9.17) is 23.7 Å². The maximum atomic E-state index is 13.3. The zero-order chi connectivity index (χ0) is 20.2. The molecule has 1 aromatic rings. The van der Waals surface area contributed by atoms with Gasteiger partial charge in [0.05, 0.1) is 31.0 Å². The second-order valence-electron chi connectivity index (χ2n) is 7.51. The van der Waals surface area contributed by atoms with Crippen LogP contribution >= 0.6 is 0 Å². The number of nitrogens with zero attached hydrogens (tertiary/aromatic N) is 1. The SMILES string of the molecule is COC(CNC(=O)C1C2C(=O)N(c3ccc4c(c3)OCO4)CC23C=C[C@H]1O3)OC. The number of hydrogen-bond donors (Lipinski definition) is 1. The normalized spacial score (nSPS) is 31.1. The maximum absolute atomic E-state index is 13.3. The summed E-state index contributed by atoms with van der Waals surface area (Å²) in [6, 6.07) is 5.38. The molecule has 4 aliphatic heterocycles. The Hall–Kier alpha value is -2.62. The number of carbonyl (C=O) groups is 2. The molecule has 2 bridgehead atoms. The topological polar surface area (TPSA) is 95.6 Å². The van der Waals surface area contributed by atoms with Gasteiger partial charge in [0.25, 0.3) is 0 Å². The molecule has 1 spiro atoms. The molecule has 2 saturated heterocycles. The highest BCUT2D eigenvalue weighted by Crippen LogP contribution is 2.53. The highest BCUT2D eigenvalue weighted by Gasteiger charge is 2.67. The van der Waals surface area contributed by atoms with Gasteiger partial charge in [-0.25, -0.2) is 0 Å². The molecule has 3 unspecified atom stereocenters. The van der Waals surface area contributed by atoms with E-state index in [1.165, 1.54) is 14.2 Å². The van der Waals surface area contributed by atoms with Crippen molar-refractivity contribution in [2.24, 2.45) is 11.8 Å². The lowest BCUT2D eigenvalue weighted by Crippen LogP contribution is -2.46. The first-order chi connectivity index (χ1) is 14.1. The van der Waals surface area contributed by atoms with E-state index in [9.17, 15) is 9.59 Å². The Bertz CT molecular complexity index is 884. The number of methoxy groups -OCH3 is 2. The maximum Gasteiger partial charge on any atom is 0.234 e. The number of ether oxygens (including phenoxy) is 5. The van der Waals surface area contributed by atoms with Crippen molar-refractivity contribution >= 4 is 17.5 Å². The average molecular weight is 402 g/mol. The predicted molar refractivity (Wildman–Crippen MR) is 99.5 cm³/mol. The van der Waals surface area contributed by atoms with Gasteiger partial charge in [0, 0.05) is 26.0 Å². The summed E-state index contributed by atoms with van der Waals surface area (Å²) < 4.78 is 27.1. The molecule has 1 N–H and O–H groups in total. The molecule has 154 valence electrons. The Balaban J connectivity index is 1.38. The summed E-state index contributed by atoms with van der Waals surface area (Å²) >= 11 is 0. The standard InChI is InChI=1S/C20H22N2O7/c1-25-15(26-2)8-21-18(23)16-13-5-6-20(29-13)9-22(19(24)17(16)20)11-3-4-12-14(7-11)28-10-27-12/h3-7,13,15-17H,8-10H2,1-2H3,(H,21,23)/t13-,16?,17?,20?/m1/s1. The number of benzene rings is 1. The summed E-state index contributed by atoms with van der Waals surface area (Å²) in [5, 5.41) is 2.82. The minimum Gasteiger partial charge on any atom is -0.454 e. The summed E-state index contributed by atoms with van der Waals surface area (Å²) in [5.74, 6) is -0.298. The van der Waals surface area contributed by atoms with E-state index in [1.807, 2.05) is 18.2 Å². The predicted octanol–water partition coefficient (Wildman–Crippen LogP) is 0.437. The van der Waals surface area contributed by atoms with Gasteiger partial charge < -0.3 is 33.9 Å². The van der Waals surface area contributed by atoms with Crippen molar-refractivity contribution in [2.75, 3.05) is 39.0 Å². The van der Waals surface area contributed by atoms with Gasteiger partial charge >= 0.3 is 0 Å². The van der Waals surface area contributed by atoms with Crippen LogP contribution in [0.1, 0.15) is 0 Å². The summed E-state index contributed by atoms with van der Waals surface area (Å²) in [5.41, 5.74) is -0.0938. The van der Waals surface area contributed by atoms with E-state index in [0.717, 1.165) is 0 Å². The smallest absolute Gasteiger partial charge is 0.234 e. The van der Waals surface area contributed by atoms with Crippen molar-refractivity contribution < 1.29 is 33.3 Å². The lowest BCUT2D eigenvalue weighted by molar-refractivity contribution is -0.135. The number of carbonyl (C=O) groups excluding carboxylic acids is 2. The first-order valence-electron chi connectivity index (χ1n) is 9.48. The van der Waals surface area contributed by atoms with E-state index >= 15 is 0 Å². The Kier molecular flexibility index (Phi) is 4.27. The Morgan fingerprint density at radius 1 is 1.31 bits per heavy atom. The highest BCUT2D eigenvalue weighted by atomic mass is 16.7. The van der Waals surface area contributed by atoms with Gasteiger partial charge in [-0.3, -0.25) is 9.59 Å². The third-order valence-electron chi connectivity index (χ3n) is 6.04. The lowest BCUT2D eigenvalue weighted by atomic mass is 9.77. The van der Waals surface area contributed by atoms with E-state index in [-0.39, 0.29) is 25.2 Å². The van der Waals surface area contributed by atoms with Crippen LogP contribution < -0.4 is 19.7 Å². The quantitative estimate of drug-likeness (QED) is 0.545. The zero-order valence-electron chi connectivity index (χ0n) is 16.1. The first-order valence-corrected chi connectivity index (χ1v) is 9.48. The molecule has 0 aliphatic carbocycles. The second kappa shape index (κ2) is 6.72. The summed E-state index contributed by atoms with van der Waals surface area (Å²) in [7, 11) is 3.00. The van der Waals surface area contributed by atoms with Gasteiger partial charge in [-0.1, -0.05) is 12.2 Å². The fourth-order valence-electron chi connectivity index (χ4n) is 4.63. The molecule has 0 aromatic heterocycles. The number of fused-ring (bicyclic) bond motifs is 2. The molecule has 4 aliphatic rings. The molecular formula is C20H22N2O7. The van der Waals surface area contributed by atoms with Crippen molar-refractivity contribution in [3.05, 3.63) is 30.4 Å². The zero-order valence-corrected chi connectivity index (χ0v) is 16.1. The second-order valence-corrected chi connectivity index (χ2v) is 7.51. The fourth-order valence-corrected chi connectivity index (χ4v) is 4.63. The van der Waals surface area contributed by atoms with E-state index < -0.39 is 29.8 Å². The minimum atomic E-state index is -0.790. The molecule has 9 nitrogen and oxygen atoms in total. The summed E-state index contributed by atoms with van der Waals surface area (Å²) in [6.45, 7) is 0.712. The number of rotatable bonds is 6. The van der Waals surface area contributed by atoms with Crippen molar-refractivity contribution in [3.8, 4) is 11.5 Å². The van der Waals surface area contributed by atoms with Crippen LogP contribution in [-0.4, -0.2) is 63.9 Å². The van der Waals surface area contributed by atoms with Crippen LogP contribution in [-0.2, 0) is 23.8 Å². The van der Waals surface area contributed by atoms with Crippen LogP contribution in [0.3, 0.4) is 0 Å². The molecule has 4 heterocycles. The molecule has 2 amide bonds. The van der Waals surface area contributed by atoms with E-state index in [1.54, 1.807) is 17.0 Å². The first kappa shape index (κ1) is 18.4. The fraction of sp³-hybridized carbons (Fsp3) is 0.500. The van der Waals surface area contributed by atoms with Crippen LogP contribution in [0.25, 0.3) is 0 Å². The minimum absolute atomic E-state index is 0.133. The molecular weight excluding hydrogens is 380 g/mol. The third kappa shape index (κ3) is 2.72. The van der Waals surface area contributed by atoms with Gasteiger partial charge in [0.1, 0.15) is 5.60 Å². The van der Waals surface area contributed by atoms with Crippen molar-refractivity contribution in [2.45, 2.75) is 18.0 Å². The van der Waals surface area contributed by atoms with Gasteiger partial charge in [0.15, 0.2) is 17.8 Å². The third-order valence-corrected chi connectivity index (χ3v) is 6.04. The van der Waals surface area contributed by atoms with Crippen LogP contribution in [0, 0.1) is 11.8 Å². The largest absolute Gasteiger partial charge is 0.454 e. The number of nitrogens with one attached hydrogen (secondary N) is 1. The Labute approximate surface area is 167 Å². The van der Waals surface area contributed by atoms with Gasteiger partial charge in [-0.05, 0) is 12.1 Å². The Morgan fingerprint density at radius 3 is 2.90 bits per heavy atom.